The second-order valence-electron chi connectivity index (χ2n) is 7.82. The highest BCUT2D eigenvalue weighted by molar-refractivity contribution is 5.15. The van der Waals surface area contributed by atoms with E-state index >= 15 is 0 Å². The Morgan fingerprint density at radius 2 is 1.03 bits per heavy atom. The standard InChI is InChI=1S/C25H25N7/c1-3-8-22(9-4-1)14-31-20-29(18-26-31)16-24-12-7-13-25(28-24)17-30-19-27-32(21-30)15-23-10-5-2-6-11-23/h1-13,18-21H,14-17H2/q+2. The summed E-state index contributed by atoms with van der Waals surface area (Å²) in [5, 5.41) is 8.94. The zero-order chi connectivity index (χ0) is 21.6. The minimum atomic E-state index is 0.681. The second kappa shape index (κ2) is 9.34. The van der Waals surface area contributed by atoms with Gasteiger partial charge in [-0.2, -0.15) is 0 Å². The minimum absolute atomic E-state index is 0.681. The topological polar surface area (TPSA) is 56.3 Å². The Kier molecular flexibility index (Phi) is 5.78. The first-order valence-electron chi connectivity index (χ1n) is 10.7. The molecule has 0 saturated heterocycles. The highest BCUT2D eigenvalue weighted by Gasteiger charge is 2.11. The van der Waals surface area contributed by atoms with E-state index in [-0.39, 0.29) is 0 Å². The highest BCUT2D eigenvalue weighted by atomic mass is 15.4. The number of hydrogen-bond donors (Lipinski definition) is 0. The molecule has 2 aromatic carbocycles. The lowest BCUT2D eigenvalue weighted by Crippen LogP contribution is -2.34. The number of benzene rings is 2. The molecule has 0 bridgehead atoms. The SMILES string of the molecule is c1ccc(Cn2c[n+](Cc3cccc(C[n+]4cnn(Cc5ccccc5)c4)n3)cn2)cc1. The fourth-order valence-electron chi connectivity index (χ4n) is 3.67. The first-order valence-corrected chi connectivity index (χ1v) is 10.7. The van der Waals surface area contributed by atoms with Crippen LogP contribution < -0.4 is 9.13 Å². The van der Waals surface area contributed by atoms with E-state index in [0.717, 1.165) is 24.5 Å². The molecule has 0 unspecified atom stereocenters. The normalized spacial score (nSPS) is 11.0. The predicted molar refractivity (Wildman–Crippen MR) is 118 cm³/mol. The summed E-state index contributed by atoms with van der Waals surface area (Å²) in [6.45, 7) is 2.87. The van der Waals surface area contributed by atoms with Gasteiger partial charge in [-0.1, -0.05) is 66.7 Å². The van der Waals surface area contributed by atoms with E-state index in [1.807, 2.05) is 71.1 Å². The molecule has 158 valence electrons. The average Bonchev–Trinajstić information content (AvgIpc) is 3.44. The van der Waals surface area contributed by atoms with Crippen molar-refractivity contribution < 1.29 is 9.13 Å². The van der Waals surface area contributed by atoms with Crippen molar-refractivity contribution in [1.29, 1.82) is 0 Å². The van der Waals surface area contributed by atoms with Gasteiger partial charge in [0.05, 0.1) is 11.4 Å². The fourth-order valence-corrected chi connectivity index (χ4v) is 3.67. The van der Waals surface area contributed by atoms with E-state index in [2.05, 4.69) is 61.8 Å². The Hall–Kier alpha value is -4.13. The van der Waals surface area contributed by atoms with Gasteiger partial charge < -0.3 is 0 Å². The molecular formula is C25H25N7+2. The van der Waals surface area contributed by atoms with Crippen LogP contribution in [0.15, 0.2) is 104 Å². The summed E-state index contributed by atoms with van der Waals surface area (Å²) in [5.74, 6) is 0. The van der Waals surface area contributed by atoms with Gasteiger partial charge in [-0.15, -0.1) is 9.36 Å². The van der Waals surface area contributed by atoms with Gasteiger partial charge >= 0.3 is 0 Å². The van der Waals surface area contributed by atoms with Crippen molar-refractivity contribution in [3.63, 3.8) is 0 Å². The molecule has 0 spiro atoms. The summed E-state index contributed by atoms with van der Waals surface area (Å²) in [6.07, 6.45) is 7.73. The van der Waals surface area contributed by atoms with Crippen LogP contribution in [0.25, 0.3) is 0 Å². The predicted octanol–water partition coefficient (Wildman–Crippen LogP) is 2.24. The number of nitrogens with zero attached hydrogens (tertiary/aromatic N) is 7. The van der Waals surface area contributed by atoms with Crippen molar-refractivity contribution in [1.82, 2.24) is 24.5 Å². The second-order valence-corrected chi connectivity index (χ2v) is 7.82. The van der Waals surface area contributed by atoms with Crippen LogP contribution in [-0.4, -0.2) is 24.5 Å². The molecule has 0 aliphatic rings. The third-order valence-electron chi connectivity index (χ3n) is 5.19. The molecular weight excluding hydrogens is 398 g/mol. The summed E-state index contributed by atoms with van der Waals surface area (Å²) in [6, 6.07) is 26.8. The van der Waals surface area contributed by atoms with Crippen molar-refractivity contribution >= 4 is 0 Å². The molecule has 0 amide bonds. The van der Waals surface area contributed by atoms with Crippen LogP contribution in [0.1, 0.15) is 22.5 Å². The van der Waals surface area contributed by atoms with Crippen LogP contribution in [0, 0.1) is 0 Å². The molecule has 0 aliphatic heterocycles. The van der Waals surface area contributed by atoms with E-state index in [1.165, 1.54) is 11.1 Å². The lowest BCUT2D eigenvalue weighted by Gasteiger charge is -2.02. The third-order valence-corrected chi connectivity index (χ3v) is 5.19. The molecule has 0 N–H and O–H groups in total. The Balaban J connectivity index is 1.22. The lowest BCUT2D eigenvalue weighted by molar-refractivity contribution is -0.691. The Labute approximate surface area is 186 Å². The van der Waals surface area contributed by atoms with Gasteiger partial charge in [-0.05, 0) is 23.3 Å². The van der Waals surface area contributed by atoms with Crippen LogP contribution in [-0.2, 0) is 26.2 Å². The van der Waals surface area contributed by atoms with Crippen LogP contribution in [0.2, 0.25) is 0 Å². The van der Waals surface area contributed by atoms with Gasteiger partial charge in [-0.25, -0.2) is 9.13 Å². The molecule has 0 saturated carbocycles. The summed E-state index contributed by atoms with van der Waals surface area (Å²) in [7, 11) is 0. The van der Waals surface area contributed by atoms with Gasteiger partial charge in [0.2, 0.25) is 12.7 Å². The molecule has 5 aromatic rings. The number of rotatable bonds is 8. The van der Waals surface area contributed by atoms with E-state index in [4.69, 9.17) is 4.98 Å². The zero-order valence-electron chi connectivity index (χ0n) is 17.8. The van der Waals surface area contributed by atoms with Gasteiger partial charge in [-0.3, -0.25) is 4.98 Å². The molecule has 7 nitrogen and oxygen atoms in total. The summed E-state index contributed by atoms with van der Waals surface area (Å²) < 4.78 is 7.99. The fraction of sp³-hybridized carbons (Fsp3) is 0.160. The maximum Gasteiger partial charge on any atom is 0.265 e. The van der Waals surface area contributed by atoms with Gasteiger partial charge in [0.1, 0.15) is 26.2 Å². The maximum atomic E-state index is 4.83. The van der Waals surface area contributed by atoms with Crippen LogP contribution in [0.5, 0.6) is 0 Å². The highest BCUT2D eigenvalue weighted by Crippen LogP contribution is 2.03. The van der Waals surface area contributed by atoms with Crippen molar-refractivity contribution in [2.75, 3.05) is 0 Å². The molecule has 3 aromatic heterocycles. The Bertz CT molecular complexity index is 1180. The number of hydrogen-bond acceptors (Lipinski definition) is 3. The van der Waals surface area contributed by atoms with E-state index in [1.54, 1.807) is 0 Å². The van der Waals surface area contributed by atoms with Gasteiger partial charge in [0.25, 0.3) is 12.7 Å². The molecule has 32 heavy (non-hydrogen) atoms. The molecule has 0 aliphatic carbocycles. The average molecular weight is 424 g/mol. The number of aromatic nitrogens is 7. The Morgan fingerprint density at radius 3 is 1.50 bits per heavy atom. The lowest BCUT2D eigenvalue weighted by atomic mass is 10.2. The van der Waals surface area contributed by atoms with Crippen molar-refractivity contribution in [2.45, 2.75) is 26.2 Å². The van der Waals surface area contributed by atoms with Crippen LogP contribution in [0.3, 0.4) is 0 Å². The Morgan fingerprint density at radius 1 is 0.562 bits per heavy atom. The van der Waals surface area contributed by atoms with E-state index in [9.17, 15) is 0 Å². The molecule has 5 rings (SSSR count). The summed E-state index contributed by atoms with van der Waals surface area (Å²) >= 11 is 0. The smallest absolute Gasteiger partial charge is 0.251 e. The quantitative estimate of drug-likeness (QED) is 0.360. The van der Waals surface area contributed by atoms with Gasteiger partial charge in [0.15, 0.2) is 0 Å². The molecule has 3 heterocycles. The maximum absolute atomic E-state index is 4.83. The summed E-state index contributed by atoms with van der Waals surface area (Å²) in [5.41, 5.74) is 4.47. The van der Waals surface area contributed by atoms with Crippen molar-refractivity contribution in [3.8, 4) is 0 Å². The molecule has 0 atom stereocenters. The van der Waals surface area contributed by atoms with Crippen LogP contribution in [0.4, 0.5) is 0 Å². The molecule has 0 fully saturated rings. The van der Waals surface area contributed by atoms with Crippen molar-refractivity contribution in [2.24, 2.45) is 0 Å². The van der Waals surface area contributed by atoms with Crippen LogP contribution >= 0.6 is 0 Å². The molecule has 0 radical (unpaired) electrons. The van der Waals surface area contributed by atoms with Gasteiger partial charge in [0, 0.05) is 10.2 Å². The van der Waals surface area contributed by atoms with Crippen molar-refractivity contribution in [3.05, 3.63) is 127 Å². The number of pyridine rings is 1. The monoisotopic (exact) mass is 423 g/mol. The van der Waals surface area contributed by atoms with E-state index < -0.39 is 0 Å². The zero-order valence-corrected chi connectivity index (χ0v) is 17.8. The first kappa shape index (κ1) is 19.8. The minimum Gasteiger partial charge on any atom is -0.251 e. The van der Waals surface area contributed by atoms with E-state index in [0.29, 0.717) is 13.1 Å². The summed E-state index contributed by atoms with van der Waals surface area (Å²) in [4.78, 5) is 4.83. The molecule has 7 heteroatoms. The largest absolute Gasteiger partial charge is 0.265 e. The first-order chi connectivity index (χ1) is 15.8. The third kappa shape index (κ3) is 5.13.